The van der Waals surface area contributed by atoms with E-state index in [2.05, 4.69) is 5.32 Å². The van der Waals surface area contributed by atoms with E-state index in [9.17, 15) is 9.59 Å². The third kappa shape index (κ3) is 10.6. The van der Waals surface area contributed by atoms with Crippen LogP contribution in [0.1, 0.15) is 52.9 Å². The number of nitrogens with zero attached hydrogens (tertiary/aromatic N) is 1. The number of rotatable bonds is 8. The molecule has 0 aromatic heterocycles. The Labute approximate surface area is 121 Å². The Kier molecular flexibility index (Phi) is 8.96. The van der Waals surface area contributed by atoms with Gasteiger partial charge in [-0.3, -0.25) is 9.63 Å². The maximum atomic E-state index is 11.4. The fourth-order valence-corrected chi connectivity index (χ4v) is 1.52. The van der Waals surface area contributed by atoms with Crippen molar-refractivity contribution in [1.82, 2.24) is 10.4 Å². The molecule has 6 heteroatoms. The number of amides is 2. The summed E-state index contributed by atoms with van der Waals surface area (Å²) in [6.45, 7) is 6.10. The largest absolute Gasteiger partial charge is 0.444 e. The zero-order valence-electron chi connectivity index (χ0n) is 13.3. The molecule has 20 heavy (non-hydrogen) atoms. The van der Waals surface area contributed by atoms with E-state index in [0.29, 0.717) is 13.0 Å². The zero-order chi connectivity index (χ0) is 15.6. The van der Waals surface area contributed by atoms with Crippen molar-refractivity contribution in [3.05, 3.63) is 0 Å². The quantitative estimate of drug-likeness (QED) is 0.550. The molecular weight excluding hydrogens is 260 g/mol. The number of hydrogen-bond donors (Lipinski definition) is 1. The molecule has 1 N–H and O–H groups in total. The van der Waals surface area contributed by atoms with Crippen LogP contribution in [-0.4, -0.2) is 43.4 Å². The summed E-state index contributed by atoms with van der Waals surface area (Å²) in [5.41, 5.74) is -0.460. The van der Waals surface area contributed by atoms with Crippen LogP contribution >= 0.6 is 0 Å². The second-order valence-corrected chi connectivity index (χ2v) is 5.67. The summed E-state index contributed by atoms with van der Waals surface area (Å²) in [6.07, 6.45) is 3.75. The molecule has 0 heterocycles. The summed E-state index contributed by atoms with van der Waals surface area (Å²) < 4.78 is 5.12. The molecule has 0 aliphatic carbocycles. The first-order valence-electron chi connectivity index (χ1n) is 7.04. The van der Waals surface area contributed by atoms with Gasteiger partial charge in [-0.25, -0.2) is 9.86 Å². The number of alkyl carbamates (subject to hydrolysis) is 1. The minimum Gasteiger partial charge on any atom is -0.444 e. The minimum atomic E-state index is -0.460. The van der Waals surface area contributed by atoms with Crippen LogP contribution in [0.3, 0.4) is 0 Å². The first kappa shape index (κ1) is 18.7. The summed E-state index contributed by atoms with van der Waals surface area (Å²) in [4.78, 5) is 27.6. The molecule has 0 aromatic rings. The highest BCUT2D eigenvalue weighted by atomic mass is 16.7. The molecule has 0 unspecified atom stereocenters. The molecule has 0 bridgehead atoms. The van der Waals surface area contributed by atoms with Crippen LogP contribution in [0.25, 0.3) is 0 Å². The third-order valence-corrected chi connectivity index (χ3v) is 2.61. The van der Waals surface area contributed by atoms with Crippen LogP contribution in [0, 0.1) is 0 Å². The molecule has 0 spiro atoms. The van der Waals surface area contributed by atoms with Crippen molar-refractivity contribution in [3.63, 3.8) is 0 Å². The SMILES string of the molecule is CON(C)C(=O)CCCCCCNC(=O)OC(C)(C)C. The molecule has 0 fully saturated rings. The molecule has 118 valence electrons. The number of ether oxygens (including phenoxy) is 1. The lowest BCUT2D eigenvalue weighted by Gasteiger charge is -2.19. The molecule has 0 saturated heterocycles. The van der Waals surface area contributed by atoms with E-state index in [1.165, 1.54) is 12.2 Å². The number of hydrogen-bond acceptors (Lipinski definition) is 4. The Morgan fingerprint density at radius 1 is 1.10 bits per heavy atom. The van der Waals surface area contributed by atoms with Crippen molar-refractivity contribution in [2.45, 2.75) is 58.5 Å². The van der Waals surface area contributed by atoms with E-state index in [1.54, 1.807) is 7.05 Å². The Hall–Kier alpha value is -1.30. The van der Waals surface area contributed by atoms with Crippen LogP contribution in [0.4, 0.5) is 4.79 Å². The number of carbonyl (C=O) groups excluding carboxylic acids is 2. The predicted octanol–water partition coefficient (Wildman–Crippen LogP) is 2.48. The predicted molar refractivity (Wildman–Crippen MR) is 77.1 cm³/mol. The maximum absolute atomic E-state index is 11.4. The highest BCUT2D eigenvalue weighted by Crippen LogP contribution is 2.07. The van der Waals surface area contributed by atoms with Gasteiger partial charge in [-0.2, -0.15) is 0 Å². The lowest BCUT2D eigenvalue weighted by molar-refractivity contribution is -0.168. The fourth-order valence-electron chi connectivity index (χ4n) is 1.52. The average Bonchev–Trinajstić information content (AvgIpc) is 2.34. The number of hydroxylamine groups is 2. The van der Waals surface area contributed by atoms with Gasteiger partial charge in [0.1, 0.15) is 5.60 Å². The Morgan fingerprint density at radius 3 is 2.25 bits per heavy atom. The molecule has 0 atom stereocenters. The van der Waals surface area contributed by atoms with E-state index >= 15 is 0 Å². The van der Waals surface area contributed by atoms with Gasteiger partial charge in [-0.1, -0.05) is 12.8 Å². The van der Waals surface area contributed by atoms with E-state index in [0.717, 1.165) is 25.7 Å². The molecule has 0 aliphatic heterocycles. The van der Waals surface area contributed by atoms with E-state index in [-0.39, 0.29) is 12.0 Å². The summed E-state index contributed by atoms with van der Waals surface area (Å²) in [5, 5.41) is 3.95. The Morgan fingerprint density at radius 2 is 1.70 bits per heavy atom. The monoisotopic (exact) mass is 288 g/mol. The fraction of sp³-hybridized carbons (Fsp3) is 0.857. The topological polar surface area (TPSA) is 67.9 Å². The highest BCUT2D eigenvalue weighted by Gasteiger charge is 2.15. The Balaban J connectivity index is 3.46. The number of nitrogens with one attached hydrogen (secondary N) is 1. The maximum Gasteiger partial charge on any atom is 0.407 e. The van der Waals surface area contributed by atoms with Crippen molar-refractivity contribution in [1.29, 1.82) is 0 Å². The average molecular weight is 288 g/mol. The van der Waals surface area contributed by atoms with Crippen molar-refractivity contribution >= 4 is 12.0 Å². The smallest absolute Gasteiger partial charge is 0.407 e. The molecule has 0 rings (SSSR count). The van der Waals surface area contributed by atoms with Crippen LogP contribution in [-0.2, 0) is 14.4 Å². The molecule has 0 aromatic carbocycles. The summed E-state index contributed by atoms with van der Waals surface area (Å²) in [5.74, 6) is -0.0145. The molecule has 0 saturated carbocycles. The van der Waals surface area contributed by atoms with E-state index < -0.39 is 5.60 Å². The van der Waals surface area contributed by atoms with Gasteiger partial charge in [0, 0.05) is 20.0 Å². The van der Waals surface area contributed by atoms with Crippen molar-refractivity contribution in [2.24, 2.45) is 0 Å². The summed E-state index contributed by atoms with van der Waals surface area (Å²) >= 11 is 0. The Bertz CT molecular complexity index is 300. The lowest BCUT2D eigenvalue weighted by atomic mass is 10.1. The van der Waals surface area contributed by atoms with Gasteiger partial charge in [0.2, 0.25) is 5.91 Å². The van der Waals surface area contributed by atoms with Gasteiger partial charge in [0.05, 0.1) is 7.11 Å². The normalized spacial score (nSPS) is 11.1. The zero-order valence-corrected chi connectivity index (χ0v) is 13.3. The first-order valence-corrected chi connectivity index (χ1v) is 7.04. The first-order chi connectivity index (χ1) is 9.26. The molecule has 0 aliphatic rings. The molecule has 2 amide bonds. The number of carbonyl (C=O) groups is 2. The van der Waals surface area contributed by atoms with Gasteiger partial charge < -0.3 is 10.1 Å². The van der Waals surface area contributed by atoms with Gasteiger partial charge in [0.25, 0.3) is 0 Å². The van der Waals surface area contributed by atoms with Crippen LogP contribution in [0.5, 0.6) is 0 Å². The van der Waals surface area contributed by atoms with Gasteiger partial charge in [0.15, 0.2) is 0 Å². The standard InChI is InChI=1S/C14H28N2O4/c1-14(2,3)20-13(18)15-11-9-7-6-8-10-12(17)16(4)19-5/h6-11H2,1-5H3,(H,15,18). The van der Waals surface area contributed by atoms with Gasteiger partial charge in [-0.15, -0.1) is 0 Å². The van der Waals surface area contributed by atoms with Crippen LogP contribution < -0.4 is 5.32 Å². The minimum absolute atomic E-state index is 0.0145. The van der Waals surface area contributed by atoms with E-state index in [4.69, 9.17) is 9.57 Å². The molecule has 0 radical (unpaired) electrons. The second-order valence-electron chi connectivity index (χ2n) is 5.67. The lowest BCUT2D eigenvalue weighted by Crippen LogP contribution is -2.32. The third-order valence-electron chi connectivity index (χ3n) is 2.61. The summed E-state index contributed by atoms with van der Waals surface area (Å²) in [6, 6.07) is 0. The molecule has 6 nitrogen and oxygen atoms in total. The summed E-state index contributed by atoms with van der Waals surface area (Å²) in [7, 11) is 3.08. The van der Waals surface area contributed by atoms with Gasteiger partial charge in [-0.05, 0) is 33.6 Å². The number of unbranched alkanes of at least 4 members (excludes halogenated alkanes) is 3. The van der Waals surface area contributed by atoms with Crippen molar-refractivity contribution in [2.75, 3.05) is 20.7 Å². The van der Waals surface area contributed by atoms with Crippen LogP contribution in [0.2, 0.25) is 0 Å². The van der Waals surface area contributed by atoms with Gasteiger partial charge >= 0.3 is 6.09 Å². The second kappa shape index (κ2) is 9.58. The van der Waals surface area contributed by atoms with Crippen molar-refractivity contribution < 1.29 is 19.2 Å². The van der Waals surface area contributed by atoms with Crippen molar-refractivity contribution in [3.8, 4) is 0 Å². The highest BCUT2D eigenvalue weighted by molar-refractivity contribution is 5.74. The van der Waals surface area contributed by atoms with Crippen LogP contribution in [0.15, 0.2) is 0 Å². The van der Waals surface area contributed by atoms with E-state index in [1.807, 2.05) is 20.8 Å². The molecular formula is C14H28N2O4.